The van der Waals surface area contributed by atoms with Crippen molar-refractivity contribution in [2.45, 2.75) is 6.92 Å². The highest BCUT2D eigenvalue weighted by atomic mass is 16.5. The molecule has 3 rings (SSSR count). The molecule has 96 valence electrons. The summed E-state index contributed by atoms with van der Waals surface area (Å²) in [6.45, 7) is 1.88. The number of aromatic amines is 2. The lowest BCUT2D eigenvalue weighted by Gasteiger charge is -2.06. The second-order valence-electron chi connectivity index (χ2n) is 4.14. The molecule has 0 aliphatic rings. The molecule has 1 aromatic carbocycles. The van der Waals surface area contributed by atoms with Crippen LogP contribution in [0, 0.1) is 6.92 Å². The van der Waals surface area contributed by atoms with Gasteiger partial charge in [-0.3, -0.25) is 14.8 Å². The van der Waals surface area contributed by atoms with Crippen molar-refractivity contribution in [2.75, 3.05) is 7.11 Å². The van der Waals surface area contributed by atoms with Gasteiger partial charge in [0.15, 0.2) is 11.2 Å². The van der Waals surface area contributed by atoms with E-state index in [0.717, 1.165) is 5.56 Å². The predicted molar refractivity (Wildman–Crippen MR) is 69.6 cm³/mol. The summed E-state index contributed by atoms with van der Waals surface area (Å²) in [7, 11) is 1.56. The first-order valence-corrected chi connectivity index (χ1v) is 5.57. The number of nitrogens with one attached hydrogen (secondary N) is 2. The molecule has 2 N–H and O–H groups in total. The number of H-pyrrole nitrogens is 2. The van der Waals surface area contributed by atoms with Gasteiger partial charge in [0.2, 0.25) is 0 Å². The topological polar surface area (TPSA) is 101 Å². The normalized spacial score (nSPS) is 11.1. The zero-order chi connectivity index (χ0) is 13.6. The van der Waals surface area contributed by atoms with E-state index in [-0.39, 0.29) is 11.2 Å². The minimum absolute atomic E-state index is 0.108. The van der Waals surface area contributed by atoms with Gasteiger partial charge in [-0.25, -0.2) is 14.8 Å². The second-order valence-corrected chi connectivity index (χ2v) is 4.14. The summed E-state index contributed by atoms with van der Waals surface area (Å²) in [6.07, 6.45) is 0. The fourth-order valence-corrected chi connectivity index (χ4v) is 1.95. The molecular formula is C12H10N4O3. The lowest BCUT2D eigenvalue weighted by molar-refractivity contribution is 0.412. The van der Waals surface area contributed by atoms with Crippen molar-refractivity contribution < 1.29 is 4.74 Å². The van der Waals surface area contributed by atoms with Crippen LogP contribution in [0.4, 0.5) is 0 Å². The highest BCUT2D eigenvalue weighted by Gasteiger charge is 2.09. The van der Waals surface area contributed by atoms with Crippen LogP contribution in [0.5, 0.6) is 5.75 Å². The molecule has 0 aliphatic heterocycles. The number of hydrogen-bond acceptors (Lipinski definition) is 5. The summed E-state index contributed by atoms with van der Waals surface area (Å²) >= 11 is 0. The molecule has 0 atom stereocenters. The smallest absolute Gasteiger partial charge is 0.327 e. The molecule has 0 fully saturated rings. The minimum Gasteiger partial charge on any atom is -0.496 e. The van der Waals surface area contributed by atoms with Crippen LogP contribution >= 0.6 is 0 Å². The van der Waals surface area contributed by atoms with Crippen molar-refractivity contribution in [3.05, 3.63) is 38.5 Å². The third-order valence-corrected chi connectivity index (χ3v) is 2.85. The molecule has 0 saturated carbocycles. The van der Waals surface area contributed by atoms with Gasteiger partial charge in [-0.2, -0.15) is 0 Å². The Morgan fingerprint density at radius 3 is 2.58 bits per heavy atom. The number of rotatable bonds is 1. The van der Waals surface area contributed by atoms with Crippen LogP contribution in [0.1, 0.15) is 5.56 Å². The molecule has 7 heteroatoms. The third-order valence-electron chi connectivity index (χ3n) is 2.85. The Labute approximate surface area is 106 Å². The molecule has 0 amide bonds. The third kappa shape index (κ3) is 1.75. The minimum atomic E-state index is -0.606. The second kappa shape index (κ2) is 3.91. The molecule has 0 unspecified atom stereocenters. The van der Waals surface area contributed by atoms with Crippen LogP contribution in [0.2, 0.25) is 0 Å². The molecule has 0 spiro atoms. The lowest BCUT2D eigenvalue weighted by atomic mass is 10.2. The molecule has 3 aromatic rings. The summed E-state index contributed by atoms with van der Waals surface area (Å²) in [6, 6.07) is 3.50. The molecule has 2 heterocycles. The van der Waals surface area contributed by atoms with Gasteiger partial charge in [-0.15, -0.1) is 0 Å². The van der Waals surface area contributed by atoms with E-state index < -0.39 is 11.2 Å². The number of ether oxygens (including phenoxy) is 1. The van der Waals surface area contributed by atoms with Crippen molar-refractivity contribution in [3.63, 3.8) is 0 Å². The molecule has 0 aliphatic carbocycles. The predicted octanol–water partition coefficient (Wildman–Crippen LogP) is 0.477. The highest BCUT2D eigenvalue weighted by Crippen LogP contribution is 2.23. The van der Waals surface area contributed by atoms with E-state index in [0.29, 0.717) is 16.8 Å². The van der Waals surface area contributed by atoms with Crippen LogP contribution in [-0.2, 0) is 0 Å². The Morgan fingerprint density at radius 1 is 1.11 bits per heavy atom. The Morgan fingerprint density at radius 2 is 1.84 bits per heavy atom. The molecule has 7 nitrogen and oxygen atoms in total. The fraction of sp³-hybridized carbons (Fsp3) is 0.167. The van der Waals surface area contributed by atoms with Crippen molar-refractivity contribution in [1.82, 2.24) is 19.9 Å². The average molecular weight is 258 g/mol. The van der Waals surface area contributed by atoms with Crippen LogP contribution in [0.25, 0.3) is 22.2 Å². The van der Waals surface area contributed by atoms with Gasteiger partial charge in [0.25, 0.3) is 5.56 Å². The number of benzene rings is 1. The van der Waals surface area contributed by atoms with E-state index in [1.807, 2.05) is 6.92 Å². The van der Waals surface area contributed by atoms with Crippen LogP contribution < -0.4 is 16.0 Å². The average Bonchev–Trinajstić information content (AvgIpc) is 2.36. The van der Waals surface area contributed by atoms with Gasteiger partial charge in [-0.05, 0) is 18.6 Å². The molecule has 0 radical (unpaired) electrons. The maximum Gasteiger partial charge on any atom is 0.327 e. The number of aryl methyl sites for hydroxylation is 1. The van der Waals surface area contributed by atoms with Gasteiger partial charge < -0.3 is 4.74 Å². The van der Waals surface area contributed by atoms with E-state index in [9.17, 15) is 9.59 Å². The van der Waals surface area contributed by atoms with Gasteiger partial charge in [-0.1, -0.05) is 0 Å². The number of aromatic nitrogens is 4. The van der Waals surface area contributed by atoms with E-state index in [1.165, 1.54) is 0 Å². The van der Waals surface area contributed by atoms with Gasteiger partial charge in [0.1, 0.15) is 5.75 Å². The Balaban J connectivity index is 2.48. The quantitative estimate of drug-likeness (QED) is 0.618. The first-order valence-electron chi connectivity index (χ1n) is 5.57. The Bertz CT molecular complexity index is 910. The van der Waals surface area contributed by atoms with Crippen molar-refractivity contribution in [1.29, 1.82) is 0 Å². The lowest BCUT2D eigenvalue weighted by Crippen LogP contribution is -2.23. The summed E-state index contributed by atoms with van der Waals surface area (Å²) in [5.41, 5.74) is 1.12. The van der Waals surface area contributed by atoms with E-state index in [1.54, 1.807) is 19.2 Å². The molecule has 2 aromatic heterocycles. The first kappa shape index (κ1) is 11.4. The zero-order valence-corrected chi connectivity index (χ0v) is 10.3. The zero-order valence-electron chi connectivity index (χ0n) is 10.3. The van der Waals surface area contributed by atoms with Crippen LogP contribution in [-0.4, -0.2) is 27.0 Å². The molecule has 19 heavy (non-hydrogen) atoms. The number of nitrogens with zero attached hydrogens (tertiary/aromatic N) is 2. The number of fused-ring (bicyclic) bond motifs is 2. The summed E-state index contributed by atoms with van der Waals surface area (Å²) < 4.78 is 5.20. The maximum absolute atomic E-state index is 11.6. The number of hydrogen-bond donors (Lipinski definition) is 2. The highest BCUT2D eigenvalue weighted by molar-refractivity contribution is 5.85. The maximum atomic E-state index is 11.6. The van der Waals surface area contributed by atoms with Crippen molar-refractivity contribution in [2.24, 2.45) is 0 Å². The van der Waals surface area contributed by atoms with E-state index in [4.69, 9.17) is 4.74 Å². The van der Waals surface area contributed by atoms with Gasteiger partial charge in [0, 0.05) is 6.07 Å². The van der Waals surface area contributed by atoms with Gasteiger partial charge >= 0.3 is 5.69 Å². The van der Waals surface area contributed by atoms with Gasteiger partial charge in [0.05, 0.1) is 18.1 Å². The van der Waals surface area contributed by atoms with E-state index >= 15 is 0 Å². The van der Waals surface area contributed by atoms with Crippen LogP contribution in [0.15, 0.2) is 21.7 Å². The molecule has 0 saturated heterocycles. The molecular weight excluding hydrogens is 248 g/mol. The molecule has 0 bridgehead atoms. The summed E-state index contributed by atoms with van der Waals surface area (Å²) in [5.74, 6) is 0.674. The SMILES string of the molecule is COc1cc2nc3[nH]c(=O)[nH]c(=O)c3nc2cc1C. The standard InChI is InChI=1S/C12H10N4O3/c1-5-3-6-7(4-8(5)19-2)14-10-9(13-6)11(17)16-12(18)15-10/h3-4H,1-2H3,(H2,14,15,16,17,18). The monoisotopic (exact) mass is 258 g/mol. The fourth-order valence-electron chi connectivity index (χ4n) is 1.95. The first-order chi connectivity index (χ1) is 9.08. The summed E-state index contributed by atoms with van der Waals surface area (Å²) in [5, 5.41) is 0. The Kier molecular flexibility index (Phi) is 2.34. The Hall–Kier alpha value is -2.70. The summed E-state index contributed by atoms with van der Waals surface area (Å²) in [4.78, 5) is 35.9. The van der Waals surface area contributed by atoms with E-state index in [2.05, 4.69) is 19.9 Å². The van der Waals surface area contributed by atoms with Crippen molar-refractivity contribution >= 4 is 22.2 Å². The number of methoxy groups -OCH3 is 1. The van der Waals surface area contributed by atoms with Crippen LogP contribution in [0.3, 0.4) is 0 Å². The largest absolute Gasteiger partial charge is 0.496 e. The van der Waals surface area contributed by atoms with Crippen molar-refractivity contribution in [3.8, 4) is 5.75 Å².